The van der Waals surface area contributed by atoms with Gasteiger partial charge in [0.15, 0.2) is 0 Å². The Bertz CT molecular complexity index is 637. The van der Waals surface area contributed by atoms with Crippen LogP contribution in [0.25, 0.3) is 10.8 Å². The van der Waals surface area contributed by atoms with E-state index in [1.54, 1.807) is 0 Å². The Morgan fingerprint density at radius 3 is 0.742 bits per heavy atom. The number of fused-ring (bicyclic) bond motifs is 1. The van der Waals surface area contributed by atoms with Crippen molar-refractivity contribution in [3.05, 3.63) is 48.5 Å². The molecular formula is C21H37N5O5. The Labute approximate surface area is 186 Å². The van der Waals surface area contributed by atoms with Crippen molar-refractivity contribution in [3.63, 3.8) is 0 Å². The maximum absolute atomic E-state index is 8.35. The third-order valence-corrected chi connectivity index (χ3v) is 1.66. The summed E-state index contributed by atoms with van der Waals surface area (Å²) >= 11 is 0. The summed E-state index contributed by atoms with van der Waals surface area (Å²) in [4.78, 5) is 33.4. The van der Waals surface area contributed by atoms with E-state index in [2.05, 4.69) is 48.5 Å². The highest BCUT2D eigenvalue weighted by molar-refractivity contribution is 5.81. The van der Waals surface area contributed by atoms with Crippen LogP contribution in [-0.2, 0) is 19.2 Å². The maximum atomic E-state index is 8.35. The summed E-state index contributed by atoms with van der Waals surface area (Å²) in [7, 11) is 0. The largest absolute Gasteiger partial charge is 0.443 e. The van der Waals surface area contributed by atoms with Gasteiger partial charge in [-0.25, -0.2) is 40.8 Å². The summed E-state index contributed by atoms with van der Waals surface area (Å²) in [5.41, 5.74) is 0. The summed E-state index contributed by atoms with van der Waals surface area (Å²) in [6.07, 6.45) is 3.75. The predicted octanol–water partition coefficient (Wildman–Crippen LogP) is 6.10. The van der Waals surface area contributed by atoms with E-state index < -0.39 is 0 Å². The van der Waals surface area contributed by atoms with E-state index in [-0.39, 0.29) is 44.6 Å². The number of hydrogen-bond donors (Lipinski definition) is 5. The van der Waals surface area contributed by atoms with Crippen LogP contribution >= 0.6 is 0 Å². The molecule has 0 fully saturated rings. The number of aliphatic hydroxyl groups is 1. The SMILES string of the molecule is C.C.C.C.C.C.N#CO.N=C=O.N=C=O.N=C=O.N=C=O.c1ccc2ccccc2c1. The minimum atomic E-state index is 0. The molecule has 0 amide bonds. The van der Waals surface area contributed by atoms with Crippen molar-refractivity contribution < 1.29 is 24.3 Å². The van der Waals surface area contributed by atoms with Gasteiger partial charge in [0.25, 0.3) is 6.26 Å². The Morgan fingerprint density at radius 1 is 0.548 bits per heavy atom. The van der Waals surface area contributed by atoms with E-state index in [4.69, 9.17) is 51.2 Å². The molecule has 10 heteroatoms. The van der Waals surface area contributed by atoms with Crippen molar-refractivity contribution in [2.75, 3.05) is 0 Å². The molecule has 0 spiro atoms. The van der Waals surface area contributed by atoms with Crippen LogP contribution in [0.4, 0.5) is 0 Å². The average molecular weight is 440 g/mol. The zero-order valence-electron chi connectivity index (χ0n) is 12.6. The normalized spacial score (nSPS) is 4.48. The number of aliphatic hydroxyl groups excluding tert-OH is 1. The van der Waals surface area contributed by atoms with Gasteiger partial charge in [0.2, 0.25) is 24.3 Å². The fourth-order valence-electron chi connectivity index (χ4n) is 1.13. The first-order chi connectivity index (χ1) is 12.0. The lowest BCUT2D eigenvalue weighted by atomic mass is 10.1. The summed E-state index contributed by atoms with van der Waals surface area (Å²) in [6, 6.07) is 16.7. The van der Waals surface area contributed by atoms with E-state index in [0.29, 0.717) is 0 Å². The van der Waals surface area contributed by atoms with Gasteiger partial charge in [-0.3, -0.25) is 0 Å². The van der Waals surface area contributed by atoms with E-state index in [9.17, 15) is 0 Å². The van der Waals surface area contributed by atoms with Gasteiger partial charge in [-0.05, 0) is 10.8 Å². The van der Waals surface area contributed by atoms with Crippen molar-refractivity contribution in [3.8, 4) is 6.26 Å². The first-order valence-corrected chi connectivity index (χ1v) is 5.67. The Morgan fingerprint density at radius 2 is 0.645 bits per heavy atom. The second-order valence-corrected chi connectivity index (χ2v) is 2.86. The third-order valence-electron chi connectivity index (χ3n) is 1.66. The van der Waals surface area contributed by atoms with Crippen molar-refractivity contribution in [2.24, 2.45) is 0 Å². The molecule has 0 aliphatic heterocycles. The second-order valence-electron chi connectivity index (χ2n) is 2.86. The molecule has 2 rings (SSSR count). The van der Waals surface area contributed by atoms with Gasteiger partial charge >= 0.3 is 0 Å². The van der Waals surface area contributed by atoms with Crippen molar-refractivity contribution >= 4 is 35.1 Å². The molecule has 2 aromatic carbocycles. The zero-order chi connectivity index (χ0) is 20.3. The molecular weight excluding hydrogens is 402 g/mol. The summed E-state index contributed by atoms with van der Waals surface area (Å²) in [5, 5.41) is 38.0. The van der Waals surface area contributed by atoms with E-state index >= 15 is 0 Å². The molecule has 0 radical (unpaired) electrons. The van der Waals surface area contributed by atoms with Crippen LogP contribution in [0.5, 0.6) is 0 Å². The maximum Gasteiger partial charge on any atom is 0.283 e. The van der Waals surface area contributed by atoms with Gasteiger partial charge in [-0.15, -0.1) is 0 Å². The smallest absolute Gasteiger partial charge is 0.283 e. The zero-order valence-corrected chi connectivity index (χ0v) is 12.6. The number of rotatable bonds is 0. The molecule has 0 atom stereocenters. The fourth-order valence-corrected chi connectivity index (χ4v) is 1.13. The van der Waals surface area contributed by atoms with Crippen LogP contribution < -0.4 is 0 Å². The molecule has 2 aromatic rings. The quantitative estimate of drug-likeness (QED) is 0.186. The van der Waals surface area contributed by atoms with Gasteiger partial charge in [0, 0.05) is 0 Å². The monoisotopic (exact) mass is 439 g/mol. The first-order valence-electron chi connectivity index (χ1n) is 5.67. The summed E-state index contributed by atoms with van der Waals surface area (Å²) in [5.74, 6) is 0. The number of nitriles is 1. The lowest BCUT2D eigenvalue weighted by molar-refractivity contribution is 0.503. The number of carbonyl (C=O) groups excluding carboxylic acids is 4. The van der Waals surface area contributed by atoms with Crippen molar-refractivity contribution in [2.45, 2.75) is 44.6 Å². The second kappa shape index (κ2) is 72.8. The number of isocyanates is 4. The van der Waals surface area contributed by atoms with Gasteiger partial charge < -0.3 is 5.11 Å². The number of benzene rings is 2. The fraction of sp³-hybridized carbons (Fsp3) is 0.286. The Kier molecular flexibility index (Phi) is 149. The Hall–Kier alpha value is -4.49. The number of hydrogen-bond acceptors (Lipinski definition) is 10. The molecule has 5 N–H and O–H groups in total. The van der Waals surface area contributed by atoms with Gasteiger partial charge in [0.1, 0.15) is 0 Å². The van der Waals surface area contributed by atoms with Crippen LogP contribution in [0.15, 0.2) is 48.5 Å². The van der Waals surface area contributed by atoms with Crippen LogP contribution in [0, 0.1) is 33.2 Å². The molecule has 0 aromatic heterocycles. The predicted molar refractivity (Wildman–Crippen MR) is 126 cm³/mol. The van der Waals surface area contributed by atoms with Crippen LogP contribution in [0.3, 0.4) is 0 Å². The summed E-state index contributed by atoms with van der Waals surface area (Å²) < 4.78 is 0. The highest BCUT2D eigenvalue weighted by Gasteiger charge is 1.85. The molecule has 0 saturated heterocycles. The molecule has 0 bridgehead atoms. The number of nitrogens with one attached hydrogen (secondary N) is 4. The molecule has 10 nitrogen and oxygen atoms in total. The summed E-state index contributed by atoms with van der Waals surface area (Å²) in [6.45, 7) is 0. The van der Waals surface area contributed by atoms with E-state index in [0.717, 1.165) is 30.6 Å². The topological polar surface area (TPSA) is 208 Å². The minimum Gasteiger partial charge on any atom is -0.443 e. The van der Waals surface area contributed by atoms with E-state index in [1.807, 2.05) is 0 Å². The molecule has 176 valence electrons. The molecule has 0 heterocycles. The number of nitrogens with zero attached hydrogens (tertiary/aromatic N) is 1. The standard InChI is InChI=1S/C10H8.5CHNO.6CH4/c1-2-6-10-8-4-3-7-9(10)5-1;5*2-1-3;;;;;;/h1-8H;3H;4*2H;6*1H4. The first kappa shape index (κ1) is 63.3. The van der Waals surface area contributed by atoms with Crippen molar-refractivity contribution in [1.82, 2.24) is 0 Å². The van der Waals surface area contributed by atoms with Gasteiger partial charge in [-0.1, -0.05) is 93.1 Å². The molecule has 0 saturated carbocycles. The van der Waals surface area contributed by atoms with Crippen LogP contribution in [-0.4, -0.2) is 29.4 Å². The van der Waals surface area contributed by atoms with Gasteiger partial charge in [-0.2, -0.15) is 5.26 Å². The molecule has 31 heavy (non-hydrogen) atoms. The third kappa shape index (κ3) is 77.3. The molecule has 0 unspecified atom stereocenters. The molecule has 0 aliphatic rings. The van der Waals surface area contributed by atoms with Crippen molar-refractivity contribution in [1.29, 1.82) is 26.9 Å². The van der Waals surface area contributed by atoms with E-state index in [1.165, 1.54) is 10.8 Å². The van der Waals surface area contributed by atoms with Gasteiger partial charge in [0.05, 0.1) is 0 Å². The molecule has 0 aliphatic carbocycles. The van der Waals surface area contributed by atoms with Crippen LogP contribution in [0.2, 0.25) is 0 Å². The lowest BCUT2D eigenvalue weighted by Gasteiger charge is -1.92. The highest BCUT2D eigenvalue weighted by atomic mass is 16.2. The average Bonchev–Trinajstić information content (AvgIpc) is 2.59. The Balaban J connectivity index is -0.0000000231. The minimum absolute atomic E-state index is 0. The van der Waals surface area contributed by atoms with Crippen LogP contribution in [0.1, 0.15) is 44.6 Å². The highest BCUT2D eigenvalue weighted by Crippen LogP contribution is 2.11. The lowest BCUT2D eigenvalue weighted by Crippen LogP contribution is -1.67.